The number of anilines is 1. The number of nitrogens with zero attached hydrogens (tertiary/aromatic N) is 4. The molecule has 0 amide bonds. The van der Waals surface area contributed by atoms with Gasteiger partial charge in [0, 0.05) is 45.0 Å². The summed E-state index contributed by atoms with van der Waals surface area (Å²) in [6, 6.07) is 12.1. The Labute approximate surface area is 143 Å². The van der Waals surface area contributed by atoms with E-state index in [-0.39, 0.29) is 5.56 Å². The zero-order chi connectivity index (χ0) is 16.9. The minimum atomic E-state index is 0.0561. The number of rotatable bonds is 4. The zero-order valence-electron chi connectivity index (χ0n) is 14.6. The Morgan fingerprint density at radius 2 is 2.04 bits per heavy atom. The maximum absolute atomic E-state index is 11.9. The quantitative estimate of drug-likeness (QED) is 0.864. The Bertz CT molecular complexity index is 713. The standard InChI is InChI=1S/C19H26N4O/c1-21(15-16-7-3-4-12-20-16)17-8-6-13-23(14-11-17)18-9-5-10-19(24)22(18)2/h3-5,7,9-10,12,17H,6,8,11,13-15H2,1-2H3/t17-/m1/s1. The molecule has 0 saturated carbocycles. The second-order valence-electron chi connectivity index (χ2n) is 6.59. The van der Waals surface area contributed by atoms with Crippen molar-refractivity contribution in [1.82, 2.24) is 14.5 Å². The molecule has 0 aliphatic carbocycles. The maximum Gasteiger partial charge on any atom is 0.251 e. The first kappa shape index (κ1) is 16.7. The van der Waals surface area contributed by atoms with Gasteiger partial charge in [0.05, 0.1) is 5.69 Å². The molecule has 0 N–H and O–H groups in total. The first-order valence-electron chi connectivity index (χ1n) is 8.66. The number of pyridine rings is 2. The highest BCUT2D eigenvalue weighted by atomic mass is 16.1. The minimum Gasteiger partial charge on any atom is -0.358 e. The van der Waals surface area contributed by atoms with Crippen molar-refractivity contribution in [3.8, 4) is 0 Å². The van der Waals surface area contributed by atoms with Crippen LogP contribution in [0.3, 0.4) is 0 Å². The molecule has 1 saturated heterocycles. The van der Waals surface area contributed by atoms with Crippen molar-refractivity contribution >= 4 is 5.82 Å². The number of hydrogen-bond donors (Lipinski definition) is 0. The summed E-state index contributed by atoms with van der Waals surface area (Å²) in [5, 5.41) is 0. The Morgan fingerprint density at radius 1 is 1.17 bits per heavy atom. The van der Waals surface area contributed by atoms with Crippen LogP contribution in [-0.4, -0.2) is 40.6 Å². The molecule has 5 nitrogen and oxygen atoms in total. The van der Waals surface area contributed by atoms with E-state index in [0.717, 1.165) is 44.0 Å². The summed E-state index contributed by atoms with van der Waals surface area (Å²) >= 11 is 0. The van der Waals surface area contributed by atoms with E-state index >= 15 is 0 Å². The number of hydrogen-bond acceptors (Lipinski definition) is 4. The van der Waals surface area contributed by atoms with Crippen LogP contribution in [0.25, 0.3) is 0 Å². The summed E-state index contributed by atoms with van der Waals surface area (Å²) in [5.41, 5.74) is 1.17. The third-order valence-corrected chi connectivity index (χ3v) is 4.94. The van der Waals surface area contributed by atoms with Gasteiger partial charge in [0.15, 0.2) is 0 Å². The lowest BCUT2D eigenvalue weighted by atomic mass is 10.1. The van der Waals surface area contributed by atoms with Crippen LogP contribution < -0.4 is 10.5 Å². The summed E-state index contributed by atoms with van der Waals surface area (Å²) in [6.07, 6.45) is 5.28. The van der Waals surface area contributed by atoms with Gasteiger partial charge in [0.2, 0.25) is 0 Å². The second-order valence-corrected chi connectivity index (χ2v) is 6.59. The van der Waals surface area contributed by atoms with E-state index in [0.29, 0.717) is 6.04 Å². The van der Waals surface area contributed by atoms with Crippen molar-refractivity contribution in [1.29, 1.82) is 0 Å². The lowest BCUT2D eigenvalue weighted by Crippen LogP contribution is -2.34. The van der Waals surface area contributed by atoms with Gasteiger partial charge < -0.3 is 4.90 Å². The second kappa shape index (κ2) is 7.62. The highest BCUT2D eigenvalue weighted by molar-refractivity contribution is 5.39. The van der Waals surface area contributed by atoms with Gasteiger partial charge in [-0.05, 0) is 44.5 Å². The highest BCUT2D eigenvalue weighted by Gasteiger charge is 2.21. The molecule has 0 aromatic carbocycles. The van der Waals surface area contributed by atoms with Crippen LogP contribution in [0.4, 0.5) is 5.82 Å². The average Bonchev–Trinajstić information content (AvgIpc) is 2.84. The molecule has 0 unspecified atom stereocenters. The predicted octanol–water partition coefficient (Wildman–Crippen LogP) is 2.27. The minimum absolute atomic E-state index is 0.0561. The lowest BCUT2D eigenvalue weighted by molar-refractivity contribution is 0.215. The fourth-order valence-corrected chi connectivity index (χ4v) is 3.50. The molecule has 2 aromatic heterocycles. The van der Waals surface area contributed by atoms with Crippen molar-refractivity contribution in [2.24, 2.45) is 7.05 Å². The van der Waals surface area contributed by atoms with Crippen LogP contribution >= 0.6 is 0 Å². The molecular formula is C19H26N4O. The van der Waals surface area contributed by atoms with Crippen molar-refractivity contribution in [2.75, 3.05) is 25.0 Å². The largest absolute Gasteiger partial charge is 0.358 e. The summed E-state index contributed by atoms with van der Waals surface area (Å²) < 4.78 is 1.75. The average molecular weight is 326 g/mol. The first-order chi connectivity index (χ1) is 11.6. The summed E-state index contributed by atoms with van der Waals surface area (Å²) in [5.74, 6) is 1.02. The van der Waals surface area contributed by atoms with Crippen LogP contribution in [0.15, 0.2) is 47.4 Å². The molecule has 0 radical (unpaired) electrons. The van der Waals surface area contributed by atoms with Gasteiger partial charge in [0.1, 0.15) is 5.82 Å². The summed E-state index contributed by atoms with van der Waals surface area (Å²) in [4.78, 5) is 21.1. The Hall–Kier alpha value is -2.14. The van der Waals surface area contributed by atoms with Crippen molar-refractivity contribution < 1.29 is 0 Å². The molecule has 24 heavy (non-hydrogen) atoms. The van der Waals surface area contributed by atoms with Gasteiger partial charge in [-0.15, -0.1) is 0 Å². The van der Waals surface area contributed by atoms with Crippen LogP contribution in [0, 0.1) is 0 Å². The van der Waals surface area contributed by atoms with E-state index in [1.54, 1.807) is 10.6 Å². The fourth-order valence-electron chi connectivity index (χ4n) is 3.50. The van der Waals surface area contributed by atoms with Gasteiger partial charge >= 0.3 is 0 Å². The molecule has 0 bridgehead atoms. The van der Waals surface area contributed by atoms with Crippen molar-refractivity contribution in [3.05, 3.63) is 58.6 Å². The van der Waals surface area contributed by atoms with Crippen LogP contribution in [0.2, 0.25) is 0 Å². The van der Waals surface area contributed by atoms with Crippen LogP contribution in [0.5, 0.6) is 0 Å². The third-order valence-electron chi connectivity index (χ3n) is 4.94. The Morgan fingerprint density at radius 3 is 2.83 bits per heavy atom. The smallest absolute Gasteiger partial charge is 0.251 e. The zero-order valence-corrected chi connectivity index (χ0v) is 14.6. The SMILES string of the molecule is CN(Cc1ccccn1)[C@@H]1CCCN(c2cccc(=O)n2C)CC1. The Kier molecular flexibility index (Phi) is 5.30. The molecule has 1 atom stereocenters. The molecular weight excluding hydrogens is 300 g/mol. The van der Waals surface area contributed by atoms with Gasteiger partial charge in [-0.3, -0.25) is 19.2 Å². The third kappa shape index (κ3) is 3.85. The van der Waals surface area contributed by atoms with Crippen molar-refractivity contribution in [3.63, 3.8) is 0 Å². The van der Waals surface area contributed by atoms with E-state index in [4.69, 9.17) is 0 Å². The Balaban J connectivity index is 1.64. The molecule has 128 valence electrons. The van der Waals surface area contributed by atoms with E-state index in [1.165, 1.54) is 6.42 Å². The molecule has 2 aromatic rings. The van der Waals surface area contributed by atoms with Crippen LogP contribution in [0.1, 0.15) is 25.0 Å². The molecule has 3 heterocycles. The predicted molar refractivity (Wildman–Crippen MR) is 97.2 cm³/mol. The molecule has 1 aliphatic rings. The molecule has 0 spiro atoms. The highest BCUT2D eigenvalue weighted by Crippen LogP contribution is 2.21. The normalized spacial score (nSPS) is 18.6. The topological polar surface area (TPSA) is 41.4 Å². The van der Waals surface area contributed by atoms with E-state index < -0.39 is 0 Å². The van der Waals surface area contributed by atoms with Gasteiger partial charge in [-0.1, -0.05) is 12.1 Å². The molecule has 5 heteroatoms. The summed E-state index contributed by atoms with van der Waals surface area (Å²) in [6.45, 7) is 2.87. The van der Waals surface area contributed by atoms with Gasteiger partial charge in [-0.25, -0.2) is 0 Å². The summed E-state index contributed by atoms with van der Waals surface area (Å²) in [7, 11) is 4.04. The van der Waals surface area contributed by atoms with Gasteiger partial charge in [0.25, 0.3) is 5.56 Å². The monoisotopic (exact) mass is 326 g/mol. The lowest BCUT2D eigenvalue weighted by Gasteiger charge is -2.28. The molecule has 1 fully saturated rings. The van der Waals surface area contributed by atoms with Crippen LogP contribution in [-0.2, 0) is 13.6 Å². The van der Waals surface area contributed by atoms with E-state index in [1.807, 2.05) is 37.5 Å². The molecule has 3 rings (SSSR count). The van der Waals surface area contributed by atoms with E-state index in [9.17, 15) is 4.79 Å². The van der Waals surface area contributed by atoms with E-state index in [2.05, 4.69) is 27.9 Å². The van der Waals surface area contributed by atoms with Crippen molar-refractivity contribution in [2.45, 2.75) is 31.8 Å². The molecule has 1 aliphatic heterocycles. The maximum atomic E-state index is 11.9. The van der Waals surface area contributed by atoms with Gasteiger partial charge in [-0.2, -0.15) is 0 Å². The first-order valence-corrected chi connectivity index (χ1v) is 8.66. The fraction of sp³-hybridized carbons (Fsp3) is 0.474. The number of aromatic nitrogens is 2.